The molecule has 0 unspecified atom stereocenters. The van der Waals surface area contributed by atoms with Gasteiger partial charge in [-0.25, -0.2) is 8.42 Å². The molecule has 2 fully saturated rings. The number of thioether (sulfide) groups is 1. The van der Waals surface area contributed by atoms with Crippen molar-refractivity contribution in [3.63, 3.8) is 0 Å². The number of rotatable bonds is 6. The number of amides is 1. The summed E-state index contributed by atoms with van der Waals surface area (Å²) in [6.07, 6.45) is 2.74. The van der Waals surface area contributed by atoms with Crippen LogP contribution in [0.15, 0.2) is 35.5 Å². The van der Waals surface area contributed by atoms with Crippen molar-refractivity contribution in [1.29, 1.82) is 0 Å². The number of para-hydroxylation sites is 1. The Morgan fingerprint density at radius 2 is 1.93 bits per heavy atom. The maximum Gasteiger partial charge on any atom is 0.235 e. The number of benzene rings is 1. The first-order valence-corrected chi connectivity index (χ1v) is 12.2. The van der Waals surface area contributed by atoms with Crippen molar-refractivity contribution >= 4 is 27.5 Å². The SMILES string of the molecule is C[C@@H](Sc1nnc(C2CC2)n1-c1ccccc1)C(=O)N(C)[C@@H]1CCS(=O)(=O)C1. The van der Waals surface area contributed by atoms with Gasteiger partial charge in [0.1, 0.15) is 5.82 Å². The van der Waals surface area contributed by atoms with Crippen molar-refractivity contribution in [2.45, 2.75) is 48.6 Å². The van der Waals surface area contributed by atoms with E-state index in [-0.39, 0.29) is 28.7 Å². The average molecular weight is 421 g/mol. The summed E-state index contributed by atoms with van der Waals surface area (Å²) in [4.78, 5) is 14.5. The zero-order valence-electron chi connectivity index (χ0n) is 16.0. The molecule has 2 aromatic rings. The van der Waals surface area contributed by atoms with E-state index in [2.05, 4.69) is 10.2 Å². The van der Waals surface area contributed by atoms with Gasteiger partial charge in [-0.1, -0.05) is 30.0 Å². The minimum Gasteiger partial charge on any atom is -0.341 e. The lowest BCUT2D eigenvalue weighted by Crippen LogP contribution is -2.41. The second-order valence-electron chi connectivity index (χ2n) is 7.55. The fraction of sp³-hybridized carbons (Fsp3) is 0.526. The van der Waals surface area contributed by atoms with Crippen LogP contribution >= 0.6 is 11.8 Å². The van der Waals surface area contributed by atoms with Gasteiger partial charge in [-0.2, -0.15) is 0 Å². The average Bonchev–Trinajstić information content (AvgIpc) is 3.35. The first-order chi connectivity index (χ1) is 13.4. The lowest BCUT2D eigenvalue weighted by Gasteiger charge is -2.26. The Morgan fingerprint density at radius 1 is 1.21 bits per heavy atom. The number of aromatic nitrogens is 3. The highest BCUT2D eigenvalue weighted by Crippen LogP contribution is 2.41. The van der Waals surface area contributed by atoms with Gasteiger partial charge < -0.3 is 4.90 Å². The fourth-order valence-corrected chi connectivity index (χ4v) is 6.29. The largest absolute Gasteiger partial charge is 0.341 e. The number of hydrogen-bond donors (Lipinski definition) is 0. The third kappa shape index (κ3) is 3.96. The summed E-state index contributed by atoms with van der Waals surface area (Å²) in [7, 11) is -1.33. The van der Waals surface area contributed by atoms with E-state index in [4.69, 9.17) is 0 Å². The zero-order valence-corrected chi connectivity index (χ0v) is 17.6. The van der Waals surface area contributed by atoms with Crippen LogP contribution in [-0.4, -0.2) is 63.8 Å². The molecule has 9 heteroatoms. The van der Waals surface area contributed by atoms with E-state index in [1.54, 1.807) is 11.9 Å². The molecule has 28 heavy (non-hydrogen) atoms. The predicted octanol–water partition coefficient (Wildman–Crippen LogP) is 2.27. The van der Waals surface area contributed by atoms with E-state index >= 15 is 0 Å². The third-order valence-corrected chi connectivity index (χ3v) is 8.13. The van der Waals surface area contributed by atoms with Crippen LogP contribution in [0, 0.1) is 0 Å². The lowest BCUT2D eigenvalue weighted by atomic mass is 10.2. The van der Waals surface area contributed by atoms with Crippen LogP contribution in [-0.2, 0) is 14.6 Å². The molecule has 1 aliphatic carbocycles. The summed E-state index contributed by atoms with van der Waals surface area (Å²) in [6.45, 7) is 1.84. The maximum absolute atomic E-state index is 12.9. The molecule has 150 valence electrons. The van der Waals surface area contributed by atoms with E-state index in [0.717, 1.165) is 24.4 Å². The molecule has 1 aromatic carbocycles. The monoisotopic (exact) mass is 420 g/mol. The summed E-state index contributed by atoms with van der Waals surface area (Å²) in [5.74, 6) is 1.51. The predicted molar refractivity (Wildman–Crippen MR) is 108 cm³/mol. The van der Waals surface area contributed by atoms with E-state index in [0.29, 0.717) is 17.5 Å². The molecule has 2 atom stereocenters. The van der Waals surface area contributed by atoms with Gasteiger partial charge in [0.25, 0.3) is 0 Å². The number of carbonyl (C=O) groups is 1. The highest BCUT2D eigenvalue weighted by Gasteiger charge is 2.35. The first-order valence-electron chi connectivity index (χ1n) is 9.50. The van der Waals surface area contributed by atoms with Crippen LogP contribution in [0.4, 0.5) is 0 Å². The highest BCUT2D eigenvalue weighted by molar-refractivity contribution is 8.00. The number of carbonyl (C=O) groups excluding carboxylic acids is 1. The van der Waals surface area contributed by atoms with Crippen molar-refractivity contribution in [3.05, 3.63) is 36.2 Å². The molecular formula is C19H24N4O3S2. The van der Waals surface area contributed by atoms with Crippen LogP contribution in [0.25, 0.3) is 5.69 Å². The second-order valence-corrected chi connectivity index (χ2v) is 11.1. The summed E-state index contributed by atoms with van der Waals surface area (Å²) in [5, 5.41) is 9.07. The standard InChI is InChI=1S/C19H24N4O3S2/c1-13(18(24)22(2)16-10-11-28(25,26)12-16)27-19-21-20-17(14-8-9-14)23(19)15-6-4-3-5-7-15/h3-7,13-14,16H,8-12H2,1-2H3/t13-,16-/m1/s1. The minimum atomic E-state index is -3.03. The lowest BCUT2D eigenvalue weighted by molar-refractivity contribution is -0.130. The summed E-state index contributed by atoms with van der Waals surface area (Å²) < 4.78 is 25.5. The smallest absolute Gasteiger partial charge is 0.235 e. The van der Waals surface area contributed by atoms with Crippen molar-refractivity contribution in [2.24, 2.45) is 0 Å². The maximum atomic E-state index is 12.9. The van der Waals surface area contributed by atoms with Crippen LogP contribution in [0.2, 0.25) is 0 Å². The van der Waals surface area contributed by atoms with Crippen LogP contribution < -0.4 is 0 Å². The van der Waals surface area contributed by atoms with E-state index in [1.165, 1.54) is 11.8 Å². The first kappa shape index (κ1) is 19.4. The Balaban J connectivity index is 1.53. The van der Waals surface area contributed by atoms with Gasteiger partial charge in [0.15, 0.2) is 15.0 Å². The molecule has 1 aromatic heterocycles. The van der Waals surface area contributed by atoms with Gasteiger partial charge in [-0.15, -0.1) is 10.2 Å². The van der Waals surface area contributed by atoms with Crippen LogP contribution in [0.5, 0.6) is 0 Å². The summed E-state index contributed by atoms with van der Waals surface area (Å²) in [5.41, 5.74) is 0.992. The molecule has 1 saturated heterocycles. The summed E-state index contributed by atoms with van der Waals surface area (Å²) >= 11 is 1.37. The molecule has 1 aliphatic heterocycles. The van der Waals surface area contributed by atoms with Crippen LogP contribution in [0.3, 0.4) is 0 Å². The molecule has 2 aliphatic rings. The molecule has 1 saturated carbocycles. The summed E-state index contributed by atoms with van der Waals surface area (Å²) in [6, 6.07) is 9.71. The molecule has 0 N–H and O–H groups in total. The topological polar surface area (TPSA) is 85.2 Å². The molecule has 2 heterocycles. The van der Waals surface area contributed by atoms with E-state index in [1.807, 2.05) is 41.8 Å². The fourth-order valence-electron chi connectivity index (χ4n) is 3.54. The number of nitrogens with zero attached hydrogens (tertiary/aromatic N) is 4. The third-order valence-electron chi connectivity index (χ3n) is 5.35. The quantitative estimate of drug-likeness (QED) is 0.667. The second kappa shape index (κ2) is 7.51. The minimum absolute atomic E-state index is 0.0542. The normalized spacial score (nSPS) is 22.1. The van der Waals surface area contributed by atoms with E-state index in [9.17, 15) is 13.2 Å². The molecule has 0 bridgehead atoms. The van der Waals surface area contributed by atoms with Crippen molar-refractivity contribution in [2.75, 3.05) is 18.6 Å². The van der Waals surface area contributed by atoms with Crippen LogP contribution in [0.1, 0.15) is 37.9 Å². The number of hydrogen-bond acceptors (Lipinski definition) is 6. The van der Waals surface area contributed by atoms with Crippen molar-refractivity contribution in [1.82, 2.24) is 19.7 Å². The molecule has 0 radical (unpaired) electrons. The Hall–Kier alpha value is -1.87. The zero-order chi connectivity index (χ0) is 19.9. The molecule has 7 nitrogen and oxygen atoms in total. The molecule has 0 spiro atoms. The van der Waals surface area contributed by atoms with Gasteiger partial charge in [0.2, 0.25) is 5.91 Å². The van der Waals surface area contributed by atoms with Gasteiger partial charge in [-0.05, 0) is 38.3 Å². The highest BCUT2D eigenvalue weighted by atomic mass is 32.2. The van der Waals surface area contributed by atoms with Crippen molar-refractivity contribution < 1.29 is 13.2 Å². The van der Waals surface area contributed by atoms with Gasteiger partial charge in [0.05, 0.1) is 16.8 Å². The van der Waals surface area contributed by atoms with Gasteiger partial charge in [-0.3, -0.25) is 9.36 Å². The van der Waals surface area contributed by atoms with Gasteiger partial charge >= 0.3 is 0 Å². The Kier molecular flexibility index (Phi) is 5.22. The molecule has 4 rings (SSSR count). The Bertz CT molecular complexity index is 970. The van der Waals surface area contributed by atoms with E-state index < -0.39 is 9.84 Å². The Labute approximate surface area is 169 Å². The number of sulfone groups is 1. The molecule has 1 amide bonds. The molecular weight excluding hydrogens is 396 g/mol. The Morgan fingerprint density at radius 3 is 2.54 bits per heavy atom. The van der Waals surface area contributed by atoms with Gasteiger partial charge in [0, 0.05) is 24.7 Å². The van der Waals surface area contributed by atoms with Crippen molar-refractivity contribution in [3.8, 4) is 5.69 Å².